The van der Waals surface area contributed by atoms with Crippen molar-refractivity contribution in [3.05, 3.63) is 65.1 Å². The van der Waals surface area contributed by atoms with Gasteiger partial charge in [0.25, 0.3) is 5.91 Å². The molecule has 0 saturated carbocycles. The predicted octanol–water partition coefficient (Wildman–Crippen LogP) is 2.64. The fourth-order valence-electron chi connectivity index (χ4n) is 5.22. The molecule has 7 nitrogen and oxygen atoms in total. The first-order chi connectivity index (χ1) is 14.5. The van der Waals surface area contributed by atoms with E-state index in [0.717, 1.165) is 11.3 Å². The van der Waals surface area contributed by atoms with Crippen molar-refractivity contribution < 1.29 is 9.59 Å². The monoisotopic (exact) mass is 403 g/mol. The molecule has 154 valence electrons. The van der Waals surface area contributed by atoms with E-state index in [1.54, 1.807) is 23.8 Å². The number of nitrogens with zero attached hydrogens (tertiary/aromatic N) is 5. The Balaban J connectivity index is 1.45. The van der Waals surface area contributed by atoms with Crippen LogP contribution in [0.5, 0.6) is 0 Å². The first-order valence-corrected chi connectivity index (χ1v) is 10.4. The highest BCUT2D eigenvalue weighted by molar-refractivity contribution is 5.95. The number of fused-ring (bicyclic) bond motifs is 2. The predicted molar refractivity (Wildman–Crippen MR) is 112 cm³/mol. The molecule has 0 unspecified atom stereocenters. The molecule has 0 aliphatic carbocycles. The highest BCUT2D eigenvalue weighted by atomic mass is 16.2. The number of hydrogen-bond acceptors (Lipinski definition) is 4. The molecule has 0 radical (unpaired) electrons. The Kier molecular flexibility index (Phi) is 4.34. The van der Waals surface area contributed by atoms with Gasteiger partial charge in [-0.15, -0.1) is 0 Å². The smallest absolute Gasteiger partial charge is 0.257 e. The summed E-state index contributed by atoms with van der Waals surface area (Å²) in [6.07, 6.45) is 3.34. The molecule has 1 aromatic carbocycles. The van der Waals surface area contributed by atoms with Crippen molar-refractivity contribution in [1.29, 1.82) is 0 Å². The van der Waals surface area contributed by atoms with Gasteiger partial charge in [0.2, 0.25) is 5.91 Å². The van der Waals surface area contributed by atoms with E-state index in [9.17, 15) is 9.59 Å². The zero-order valence-corrected chi connectivity index (χ0v) is 17.4. The summed E-state index contributed by atoms with van der Waals surface area (Å²) in [5, 5.41) is 4.28. The van der Waals surface area contributed by atoms with Crippen molar-refractivity contribution in [1.82, 2.24) is 24.4 Å². The highest BCUT2D eigenvalue weighted by Crippen LogP contribution is 2.46. The van der Waals surface area contributed by atoms with Gasteiger partial charge in [0.1, 0.15) is 0 Å². The normalized spacial score (nSPS) is 23.2. The van der Waals surface area contributed by atoms with Gasteiger partial charge in [0, 0.05) is 50.7 Å². The second kappa shape index (κ2) is 6.93. The molecule has 0 N–H and O–H groups in total. The molecular formula is C23H25N5O2. The maximum Gasteiger partial charge on any atom is 0.257 e. The maximum atomic E-state index is 13.4. The number of carbonyl (C=O) groups is 2. The quantitative estimate of drug-likeness (QED) is 0.660. The third kappa shape index (κ3) is 2.80. The number of aromatic nitrogens is 3. The summed E-state index contributed by atoms with van der Waals surface area (Å²) in [4.78, 5) is 34.0. The molecule has 2 aliphatic rings. The molecule has 3 aromatic rings. The van der Waals surface area contributed by atoms with Gasteiger partial charge < -0.3 is 9.80 Å². The van der Waals surface area contributed by atoms with Crippen LogP contribution in [-0.2, 0) is 4.79 Å². The van der Waals surface area contributed by atoms with Crippen LogP contribution in [-0.4, -0.2) is 55.8 Å². The summed E-state index contributed by atoms with van der Waals surface area (Å²) in [5.41, 5.74) is 4.49. The Labute approximate surface area is 175 Å². The minimum absolute atomic E-state index is 0.00953. The molecule has 0 bridgehead atoms. The molecule has 2 amide bonds. The lowest BCUT2D eigenvalue weighted by Crippen LogP contribution is -2.37. The standard InChI is InChI=1S/C23H25N5O2/c1-14-6-4-5-7-18(14)22-20-13-26(11-17(20)12-27(22)16(3)29)23(30)19-10-24-21-8-9-25-28(21)15(19)2/h4-10,17,20,22H,11-13H2,1-3H3/t17-,20-,22-/m1/s1. The molecule has 2 aromatic heterocycles. The van der Waals surface area contributed by atoms with Gasteiger partial charge in [-0.2, -0.15) is 5.10 Å². The minimum atomic E-state index is -0.00953. The molecule has 30 heavy (non-hydrogen) atoms. The molecule has 2 aliphatic heterocycles. The Bertz CT molecular complexity index is 1150. The zero-order valence-electron chi connectivity index (χ0n) is 17.4. The van der Waals surface area contributed by atoms with Crippen LogP contribution >= 0.6 is 0 Å². The first-order valence-electron chi connectivity index (χ1n) is 10.4. The van der Waals surface area contributed by atoms with Gasteiger partial charge in [-0.3, -0.25) is 9.59 Å². The van der Waals surface area contributed by atoms with E-state index in [0.29, 0.717) is 25.2 Å². The SMILES string of the molecule is CC(=O)N1C[C@H]2CN(C(=O)c3cnc4ccnn4c3C)C[C@H]2[C@H]1c1ccccc1C. The number of benzene rings is 1. The van der Waals surface area contributed by atoms with Crippen LogP contribution < -0.4 is 0 Å². The maximum absolute atomic E-state index is 13.4. The van der Waals surface area contributed by atoms with E-state index < -0.39 is 0 Å². The Morgan fingerprint density at radius 1 is 1.07 bits per heavy atom. The molecular weight excluding hydrogens is 378 g/mol. The lowest BCUT2D eigenvalue weighted by molar-refractivity contribution is -0.130. The highest BCUT2D eigenvalue weighted by Gasteiger charge is 2.49. The van der Waals surface area contributed by atoms with Gasteiger partial charge in [-0.25, -0.2) is 9.50 Å². The average Bonchev–Trinajstić information content (AvgIpc) is 3.42. The van der Waals surface area contributed by atoms with Crippen molar-refractivity contribution in [2.45, 2.75) is 26.8 Å². The Morgan fingerprint density at radius 3 is 2.63 bits per heavy atom. The molecule has 2 saturated heterocycles. The van der Waals surface area contributed by atoms with Crippen molar-refractivity contribution in [3.8, 4) is 0 Å². The van der Waals surface area contributed by atoms with Crippen LogP contribution in [0.2, 0.25) is 0 Å². The lowest BCUT2D eigenvalue weighted by Gasteiger charge is -2.30. The van der Waals surface area contributed by atoms with E-state index in [2.05, 4.69) is 29.1 Å². The lowest BCUT2D eigenvalue weighted by atomic mass is 9.87. The van der Waals surface area contributed by atoms with Crippen molar-refractivity contribution in [3.63, 3.8) is 0 Å². The molecule has 4 heterocycles. The van der Waals surface area contributed by atoms with E-state index >= 15 is 0 Å². The van der Waals surface area contributed by atoms with Crippen molar-refractivity contribution >= 4 is 17.5 Å². The molecule has 5 rings (SSSR count). The Morgan fingerprint density at radius 2 is 1.87 bits per heavy atom. The fourth-order valence-corrected chi connectivity index (χ4v) is 5.22. The first kappa shape index (κ1) is 18.8. The second-order valence-corrected chi connectivity index (χ2v) is 8.47. The number of amides is 2. The van der Waals surface area contributed by atoms with E-state index in [4.69, 9.17) is 0 Å². The number of hydrogen-bond donors (Lipinski definition) is 0. The number of rotatable bonds is 2. The fraction of sp³-hybridized carbons (Fsp3) is 0.391. The number of likely N-dealkylation sites (tertiary alicyclic amines) is 2. The summed E-state index contributed by atoms with van der Waals surface area (Å²) in [6.45, 7) is 7.63. The minimum Gasteiger partial charge on any atom is -0.338 e. The van der Waals surface area contributed by atoms with Crippen LogP contribution in [0.15, 0.2) is 42.7 Å². The summed E-state index contributed by atoms with van der Waals surface area (Å²) >= 11 is 0. The summed E-state index contributed by atoms with van der Waals surface area (Å²) in [7, 11) is 0. The molecule has 7 heteroatoms. The number of aryl methyl sites for hydroxylation is 2. The molecule has 3 atom stereocenters. The van der Waals surface area contributed by atoms with Crippen LogP contribution in [0.4, 0.5) is 0 Å². The summed E-state index contributed by atoms with van der Waals surface area (Å²) in [6, 6.07) is 10.1. The van der Waals surface area contributed by atoms with Gasteiger partial charge in [0.15, 0.2) is 5.65 Å². The third-order valence-electron chi connectivity index (χ3n) is 6.75. The van der Waals surface area contributed by atoms with Crippen molar-refractivity contribution in [2.24, 2.45) is 11.8 Å². The average molecular weight is 403 g/mol. The van der Waals surface area contributed by atoms with E-state index in [-0.39, 0.29) is 29.7 Å². The second-order valence-electron chi connectivity index (χ2n) is 8.47. The summed E-state index contributed by atoms with van der Waals surface area (Å²) in [5.74, 6) is 0.606. The third-order valence-corrected chi connectivity index (χ3v) is 6.75. The van der Waals surface area contributed by atoms with Gasteiger partial charge >= 0.3 is 0 Å². The Hall–Kier alpha value is -3.22. The van der Waals surface area contributed by atoms with Crippen LogP contribution in [0.25, 0.3) is 5.65 Å². The van der Waals surface area contributed by atoms with Gasteiger partial charge in [-0.05, 0) is 25.0 Å². The summed E-state index contributed by atoms with van der Waals surface area (Å²) < 4.78 is 1.71. The zero-order chi connectivity index (χ0) is 21.0. The molecule has 0 spiro atoms. The van der Waals surface area contributed by atoms with Crippen LogP contribution in [0.3, 0.4) is 0 Å². The van der Waals surface area contributed by atoms with Crippen LogP contribution in [0, 0.1) is 25.7 Å². The number of carbonyl (C=O) groups excluding carboxylic acids is 2. The van der Waals surface area contributed by atoms with Crippen molar-refractivity contribution in [2.75, 3.05) is 19.6 Å². The van der Waals surface area contributed by atoms with E-state index in [1.807, 2.05) is 34.9 Å². The van der Waals surface area contributed by atoms with Gasteiger partial charge in [-0.1, -0.05) is 24.3 Å². The van der Waals surface area contributed by atoms with Gasteiger partial charge in [0.05, 0.1) is 23.5 Å². The van der Waals surface area contributed by atoms with E-state index in [1.165, 1.54) is 11.1 Å². The molecule has 2 fully saturated rings. The largest absolute Gasteiger partial charge is 0.338 e. The van der Waals surface area contributed by atoms with Crippen LogP contribution in [0.1, 0.15) is 40.1 Å². The topological polar surface area (TPSA) is 70.8 Å².